The predicted molar refractivity (Wildman–Crippen MR) is 46.7 cm³/mol. The number of carbonyl (C=O) groups is 2. The maximum atomic E-state index is 11.1. The summed E-state index contributed by atoms with van der Waals surface area (Å²) in [4.78, 5) is 38.8. The lowest BCUT2D eigenvalue weighted by molar-refractivity contribution is -0.143. The summed E-state index contributed by atoms with van der Waals surface area (Å²) >= 11 is 0. The topological polar surface area (TPSA) is 121 Å². The average Bonchev–Trinajstić information content (AvgIpc) is 2.93. The molecule has 1 rings (SSSR count). The molecule has 7 nitrogen and oxygen atoms in total. The lowest BCUT2D eigenvalue weighted by atomic mass is 10.1. The van der Waals surface area contributed by atoms with Gasteiger partial charge in [0.15, 0.2) is 0 Å². The minimum Gasteiger partial charge on any atom is -0.382 e. The van der Waals surface area contributed by atoms with Crippen molar-refractivity contribution in [3.05, 3.63) is 0 Å². The van der Waals surface area contributed by atoms with Crippen molar-refractivity contribution >= 4 is 19.4 Å². The zero-order chi connectivity index (χ0) is 11.6. The van der Waals surface area contributed by atoms with Gasteiger partial charge in [0.25, 0.3) is 0 Å². The predicted octanol–water partition coefficient (Wildman–Crippen LogP) is -0.995. The highest BCUT2D eigenvalue weighted by molar-refractivity contribution is 7.46. The molecule has 0 saturated heterocycles. The maximum absolute atomic E-state index is 11.1. The van der Waals surface area contributed by atoms with E-state index in [1.165, 1.54) is 0 Å². The van der Waals surface area contributed by atoms with Crippen molar-refractivity contribution in [3.63, 3.8) is 0 Å². The molecule has 1 fully saturated rings. The molecule has 0 radical (unpaired) electrons. The van der Waals surface area contributed by atoms with Gasteiger partial charge in [0.05, 0.1) is 6.61 Å². The van der Waals surface area contributed by atoms with Gasteiger partial charge in [0, 0.05) is 5.92 Å². The number of hydrogen-bond acceptors (Lipinski definition) is 5. The third kappa shape index (κ3) is 4.19. The summed E-state index contributed by atoms with van der Waals surface area (Å²) in [6.45, 7) is -0.873. The summed E-state index contributed by atoms with van der Waals surface area (Å²) < 4.78 is 14.1. The van der Waals surface area contributed by atoms with Crippen molar-refractivity contribution < 1.29 is 33.6 Å². The minimum absolute atomic E-state index is 0.331. The van der Waals surface area contributed by atoms with Crippen LogP contribution in [0.3, 0.4) is 0 Å². The van der Waals surface area contributed by atoms with Crippen LogP contribution in [-0.2, 0) is 18.7 Å². The Morgan fingerprint density at radius 1 is 1.40 bits per heavy atom. The smallest absolute Gasteiger partial charge is 0.382 e. The van der Waals surface area contributed by atoms with Gasteiger partial charge >= 0.3 is 7.82 Å². The molecule has 86 valence electrons. The average molecular weight is 238 g/mol. The van der Waals surface area contributed by atoms with Gasteiger partial charge in [-0.15, -0.1) is 0 Å². The normalized spacial score (nSPS) is 18.6. The Morgan fingerprint density at radius 2 is 1.93 bits per heavy atom. The molecule has 1 saturated carbocycles. The van der Waals surface area contributed by atoms with Gasteiger partial charge in [0.1, 0.15) is 6.10 Å². The molecular weight excluding hydrogens is 227 g/mol. The van der Waals surface area contributed by atoms with Crippen molar-refractivity contribution in [1.29, 1.82) is 0 Å². The van der Waals surface area contributed by atoms with Crippen LogP contribution in [0.25, 0.3) is 0 Å². The van der Waals surface area contributed by atoms with E-state index < -0.39 is 32.1 Å². The molecule has 0 aromatic heterocycles. The molecule has 0 aromatic rings. The van der Waals surface area contributed by atoms with Gasteiger partial charge in [-0.05, 0) is 12.8 Å². The molecule has 1 unspecified atom stereocenters. The molecule has 0 bridgehead atoms. The zero-order valence-electron chi connectivity index (χ0n) is 7.70. The summed E-state index contributed by atoms with van der Waals surface area (Å²) in [6.07, 6.45) is -0.557. The van der Waals surface area contributed by atoms with E-state index in [0.29, 0.717) is 12.8 Å². The summed E-state index contributed by atoms with van der Waals surface area (Å²) in [5, 5.41) is 9.09. The number of rotatable bonds is 6. The first-order valence-corrected chi connectivity index (χ1v) is 5.80. The SMILES string of the molecule is O=C(C(=O)C1CC1)C(O)COP(=O)(O)O. The first kappa shape index (κ1) is 12.5. The van der Waals surface area contributed by atoms with Gasteiger partial charge in [0.2, 0.25) is 11.6 Å². The molecule has 15 heavy (non-hydrogen) atoms. The third-order valence-electron chi connectivity index (χ3n) is 1.89. The highest BCUT2D eigenvalue weighted by atomic mass is 31.2. The van der Waals surface area contributed by atoms with Crippen LogP contribution >= 0.6 is 7.82 Å². The fraction of sp³-hybridized carbons (Fsp3) is 0.714. The van der Waals surface area contributed by atoms with Gasteiger partial charge in [-0.25, -0.2) is 4.57 Å². The van der Waals surface area contributed by atoms with Crippen LogP contribution in [0.2, 0.25) is 0 Å². The largest absolute Gasteiger partial charge is 0.469 e. The third-order valence-corrected chi connectivity index (χ3v) is 2.38. The number of hydrogen-bond donors (Lipinski definition) is 3. The highest BCUT2D eigenvalue weighted by Gasteiger charge is 2.37. The van der Waals surface area contributed by atoms with Crippen LogP contribution in [0.1, 0.15) is 12.8 Å². The van der Waals surface area contributed by atoms with E-state index in [-0.39, 0.29) is 5.92 Å². The minimum atomic E-state index is -4.72. The van der Waals surface area contributed by atoms with E-state index >= 15 is 0 Å². The second kappa shape index (κ2) is 4.51. The number of aliphatic hydroxyl groups excluding tert-OH is 1. The number of aliphatic hydroxyl groups is 1. The monoisotopic (exact) mass is 238 g/mol. The molecule has 1 aliphatic rings. The van der Waals surface area contributed by atoms with Crippen LogP contribution in [0.5, 0.6) is 0 Å². The number of phosphoric ester groups is 1. The molecule has 0 aromatic carbocycles. The van der Waals surface area contributed by atoms with Gasteiger partial charge in [-0.2, -0.15) is 0 Å². The van der Waals surface area contributed by atoms with Crippen LogP contribution < -0.4 is 0 Å². The first-order valence-electron chi connectivity index (χ1n) is 4.27. The second-order valence-corrected chi connectivity index (χ2v) is 4.54. The standard InChI is InChI=1S/C7H11O7P/c8-5(3-14-15(11,12)13)7(10)6(9)4-1-2-4/h4-5,8H,1-3H2,(H2,11,12,13). The zero-order valence-corrected chi connectivity index (χ0v) is 8.59. The second-order valence-electron chi connectivity index (χ2n) is 3.30. The molecule has 0 amide bonds. The molecule has 0 aliphatic heterocycles. The maximum Gasteiger partial charge on any atom is 0.469 e. The Labute approximate surface area is 85.3 Å². The summed E-state index contributed by atoms with van der Waals surface area (Å²) in [5.41, 5.74) is 0. The van der Waals surface area contributed by atoms with Crippen molar-refractivity contribution in [3.8, 4) is 0 Å². The van der Waals surface area contributed by atoms with E-state index in [1.54, 1.807) is 0 Å². The number of carbonyl (C=O) groups excluding carboxylic acids is 2. The van der Waals surface area contributed by atoms with Crippen molar-refractivity contribution in [2.24, 2.45) is 5.92 Å². The molecule has 3 N–H and O–H groups in total. The fourth-order valence-corrected chi connectivity index (χ4v) is 1.29. The Hall–Kier alpha value is -0.590. The van der Waals surface area contributed by atoms with E-state index in [9.17, 15) is 14.2 Å². The first-order chi connectivity index (χ1) is 6.81. The summed E-state index contributed by atoms with van der Waals surface area (Å²) in [7, 11) is -4.72. The Morgan fingerprint density at radius 3 is 2.33 bits per heavy atom. The van der Waals surface area contributed by atoms with Crippen LogP contribution in [0, 0.1) is 5.92 Å². The van der Waals surface area contributed by atoms with Crippen molar-refractivity contribution in [1.82, 2.24) is 0 Å². The van der Waals surface area contributed by atoms with E-state index in [0.717, 1.165) is 0 Å². The number of ketones is 2. The quantitative estimate of drug-likeness (QED) is 0.401. The molecule has 1 aliphatic carbocycles. The lowest BCUT2D eigenvalue weighted by Gasteiger charge is -2.09. The van der Waals surface area contributed by atoms with Crippen LogP contribution in [0.4, 0.5) is 0 Å². The molecule has 0 spiro atoms. The van der Waals surface area contributed by atoms with Crippen LogP contribution in [0.15, 0.2) is 0 Å². The number of Topliss-reactive ketones (excluding diaryl/α,β-unsaturated/α-hetero) is 2. The van der Waals surface area contributed by atoms with E-state index in [2.05, 4.69) is 4.52 Å². The fourth-order valence-electron chi connectivity index (χ4n) is 0.954. The molecule has 1 atom stereocenters. The van der Waals surface area contributed by atoms with Crippen molar-refractivity contribution in [2.45, 2.75) is 18.9 Å². The lowest BCUT2D eigenvalue weighted by Crippen LogP contribution is -2.32. The van der Waals surface area contributed by atoms with E-state index in [4.69, 9.17) is 14.9 Å². The number of phosphoric acid groups is 1. The molecular formula is C7H11O7P. The van der Waals surface area contributed by atoms with Gasteiger partial charge in [-0.3, -0.25) is 14.1 Å². The molecule has 0 heterocycles. The van der Waals surface area contributed by atoms with Gasteiger partial charge in [-0.1, -0.05) is 0 Å². The molecule has 8 heteroatoms. The Bertz CT molecular complexity index is 315. The van der Waals surface area contributed by atoms with E-state index in [1.807, 2.05) is 0 Å². The Kier molecular flexibility index (Phi) is 3.75. The summed E-state index contributed by atoms with van der Waals surface area (Å²) in [6, 6.07) is 0. The van der Waals surface area contributed by atoms with Crippen molar-refractivity contribution in [2.75, 3.05) is 6.61 Å². The summed E-state index contributed by atoms with van der Waals surface area (Å²) in [5.74, 6) is -2.08. The Balaban J connectivity index is 2.39. The van der Waals surface area contributed by atoms with Gasteiger partial charge < -0.3 is 14.9 Å². The van der Waals surface area contributed by atoms with Crippen LogP contribution in [-0.4, -0.2) is 39.2 Å². The highest BCUT2D eigenvalue weighted by Crippen LogP contribution is 2.36.